The van der Waals surface area contributed by atoms with Crippen LogP contribution in [0, 0.1) is 16.7 Å². The molecule has 2 aliphatic rings. The summed E-state index contributed by atoms with van der Waals surface area (Å²) in [6.45, 7) is 3.72. The number of alkyl halides is 1. The van der Waals surface area contributed by atoms with Crippen molar-refractivity contribution in [3.05, 3.63) is 0 Å². The van der Waals surface area contributed by atoms with Crippen LogP contribution in [0.3, 0.4) is 0 Å². The van der Waals surface area contributed by atoms with E-state index >= 15 is 0 Å². The Balaban J connectivity index is 2.55. The number of rotatable bonds is 1. The van der Waals surface area contributed by atoms with Gasteiger partial charge in [-0.15, -0.1) is 0 Å². The third-order valence-corrected chi connectivity index (χ3v) is 5.39. The van der Waals surface area contributed by atoms with Gasteiger partial charge in [-0.2, -0.15) is 0 Å². The van der Waals surface area contributed by atoms with Crippen LogP contribution in [0.25, 0.3) is 0 Å². The van der Waals surface area contributed by atoms with Crippen molar-refractivity contribution in [3.63, 3.8) is 0 Å². The molecule has 0 aromatic carbocycles. The lowest BCUT2D eigenvalue weighted by Crippen LogP contribution is -2.43. The number of carbonyl (C=O) groups is 2. The van der Waals surface area contributed by atoms with Crippen LogP contribution in [0.5, 0.6) is 0 Å². The molecule has 0 aliphatic heterocycles. The Bertz CT molecular complexity index is 323. The van der Waals surface area contributed by atoms with Gasteiger partial charge in [0.1, 0.15) is 5.41 Å². The minimum absolute atomic E-state index is 0.101. The number of aliphatic carboxylic acids is 1. The molecule has 0 saturated heterocycles. The lowest BCUT2D eigenvalue weighted by atomic mass is 9.71. The summed E-state index contributed by atoms with van der Waals surface area (Å²) < 4.78 is 0. The van der Waals surface area contributed by atoms with Crippen molar-refractivity contribution in [1.82, 2.24) is 0 Å². The second kappa shape index (κ2) is 2.60. The number of carboxylic acids is 1. The Morgan fingerprint density at radius 1 is 1.57 bits per heavy atom. The third-order valence-electron chi connectivity index (χ3n) is 3.97. The Hall–Kier alpha value is -0.380. The molecular weight excluding hydrogens is 248 g/mol. The average Bonchev–Trinajstić information content (AvgIpc) is 2.47. The highest BCUT2D eigenvalue weighted by molar-refractivity contribution is 9.09. The van der Waals surface area contributed by atoms with Gasteiger partial charge in [-0.25, -0.2) is 0 Å². The molecule has 1 N–H and O–H groups in total. The Labute approximate surface area is 91.0 Å². The van der Waals surface area contributed by atoms with Gasteiger partial charge in [-0.05, 0) is 18.8 Å². The van der Waals surface area contributed by atoms with Crippen LogP contribution in [0.2, 0.25) is 0 Å². The van der Waals surface area contributed by atoms with Crippen molar-refractivity contribution in [2.45, 2.75) is 31.5 Å². The third kappa shape index (κ3) is 0.835. The molecule has 2 unspecified atom stereocenters. The van der Waals surface area contributed by atoms with Gasteiger partial charge >= 0.3 is 5.97 Å². The molecule has 3 atom stereocenters. The van der Waals surface area contributed by atoms with Crippen molar-refractivity contribution >= 4 is 27.7 Å². The highest BCUT2D eigenvalue weighted by Gasteiger charge is 2.70. The highest BCUT2D eigenvalue weighted by atomic mass is 79.9. The summed E-state index contributed by atoms with van der Waals surface area (Å²) in [6, 6.07) is 0. The molecule has 78 valence electrons. The van der Waals surface area contributed by atoms with Crippen molar-refractivity contribution in [1.29, 1.82) is 0 Å². The molecule has 0 heterocycles. The van der Waals surface area contributed by atoms with E-state index in [0.717, 1.165) is 6.42 Å². The largest absolute Gasteiger partial charge is 0.480 e. The van der Waals surface area contributed by atoms with Gasteiger partial charge in [0.25, 0.3) is 0 Å². The number of hydrogen-bond acceptors (Lipinski definition) is 2. The number of hydrogen-bond donors (Lipinski definition) is 1. The molecule has 0 aromatic heterocycles. The second-order valence-corrected chi connectivity index (χ2v) is 5.86. The zero-order valence-corrected chi connectivity index (χ0v) is 9.80. The van der Waals surface area contributed by atoms with Crippen LogP contribution in [0.1, 0.15) is 26.7 Å². The number of Topliss-reactive ketones (excluding diaryl/α,β-unsaturated/α-hetero) is 1. The number of fused-ring (bicyclic) bond motifs is 2. The van der Waals surface area contributed by atoms with Gasteiger partial charge in [0, 0.05) is 10.2 Å². The summed E-state index contributed by atoms with van der Waals surface area (Å²) in [4.78, 5) is 23.1. The molecule has 2 fully saturated rings. The molecule has 14 heavy (non-hydrogen) atoms. The van der Waals surface area contributed by atoms with Crippen molar-refractivity contribution in [3.8, 4) is 0 Å². The van der Waals surface area contributed by atoms with Gasteiger partial charge in [0.05, 0.1) is 0 Å². The molecule has 0 aromatic rings. The minimum atomic E-state index is -1.14. The lowest BCUT2D eigenvalue weighted by Gasteiger charge is -2.30. The summed E-state index contributed by atoms with van der Waals surface area (Å²) >= 11 is 3.40. The second-order valence-electron chi connectivity index (χ2n) is 4.87. The maximum absolute atomic E-state index is 12.1. The normalized spacial score (nSPS) is 44.4. The Morgan fingerprint density at radius 3 is 2.43 bits per heavy atom. The fourth-order valence-corrected chi connectivity index (χ4v) is 4.60. The zero-order chi connectivity index (χ0) is 10.7. The monoisotopic (exact) mass is 260 g/mol. The molecule has 0 spiro atoms. The van der Waals surface area contributed by atoms with Crippen molar-refractivity contribution in [2.24, 2.45) is 16.7 Å². The Morgan fingerprint density at radius 2 is 2.14 bits per heavy atom. The lowest BCUT2D eigenvalue weighted by molar-refractivity contribution is -0.155. The fraction of sp³-hybridized carbons (Fsp3) is 0.800. The van der Waals surface area contributed by atoms with E-state index in [4.69, 9.17) is 0 Å². The first-order valence-corrected chi connectivity index (χ1v) is 5.69. The molecule has 0 radical (unpaired) electrons. The van der Waals surface area contributed by atoms with Crippen LogP contribution in [-0.2, 0) is 9.59 Å². The van der Waals surface area contributed by atoms with Crippen LogP contribution in [0.4, 0.5) is 0 Å². The van der Waals surface area contributed by atoms with Gasteiger partial charge in [0.15, 0.2) is 5.78 Å². The predicted molar refractivity (Wildman–Crippen MR) is 54.3 cm³/mol. The van der Waals surface area contributed by atoms with Crippen LogP contribution >= 0.6 is 15.9 Å². The number of carboxylic acid groups (broad SMARTS) is 1. The van der Waals surface area contributed by atoms with Crippen LogP contribution < -0.4 is 0 Å². The summed E-state index contributed by atoms with van der Waals surface area (Å²) in [5.74, 6) is -0.890. The van der Waals surface area contributed by atoms with E-state index in [9.17, 15) is 14.7 Å². The van der Waals surface area contributed by atoms with Gasteiger partial charge < -0.3 is 5.11 Å². The van der Waals surface area contributed by atoms with E-state index in [2.05, 4.69) is 15.9 Å². The highest BCUT2D eigenvalue weighted by Crippen LogP contribution is 2.62. The molecular formula is C10H13BrO3. The average molecular weight is 261 g/mol. The van der Waals surface area contributed by atoms with E-state index in [0.29, 0.717) is 6.42 Å². The summed E-state index contributed by atoms with van der Waals surface area (Å²) in [7, 11) is 0. The van der Waals surface area contributed by atoms with Crippen LogP contribution in [-0.4, -0.2) is 21.7 Å². The SMILES string of the molecule is CC1(C)C(=O)C2(C(=O)O)CCC1[C@@H]2Br. The molecule has 2 saturated carbocycles. The standard InChI is InChI=1S/C10H13BrO3/c1-9(2)5-3-4-10(6(5)11,7(9)12)8(13)14/h5-6H,3-4H2,1-2H3,(H,13,14)/t5?,6-,10?/m0/s1. The first kappa shape index (κ1) is 10.1. The fourth-order valence-electron chi connectivity index (χ4n) is 3.04. The maximum atomic E-state index is 12.1. The van der Waals surface area contributed by atoms with E-state index in [1.54, 1.807) is 0 Å². The molecule has 2 aliphatic carbocycles. The molecule has 4 heteroatoms. The van der Waals surface area contributed by atoms with Crippen molar-refractivity contribution in [2.75, 3.05) is 0 Å². The maximum Gasteiger partial charge on any atom is 0.318 e. The Kier molecular flexibility index (Phi) is 1.88. The number of halogens is 1. The topological polar surface area (TPSA) is 54.4 Å². The van der Waals surface area contributed by atoms with E-state index in [-0.39, 0.29) is 16.5 Å². The smallest absolute Gasteiger partial charge is 0.318 e. The summed E-state index contributed by atoms with van der Waals surface area (Å²) in [5.41, 5.74) is -1.63. The van der Waals surface area contributed by atoms with Crippen LogP contribution in [0.15, 0.2) is 0 Å². The van der Waals surface area contributed by atoms with E-state index in [1.165, 1.54) is 0 Å². The van der Waals surface area contributed by atoms with Gasteiger partial charge in [-0.3, -0.25) is 9.59 Å². The molecule has 0 amide bonds. The van der Waals surface area contributed by atoms with Crippen molar-refractivity contribution < 1.29 is 14.7 Å². The first-order valence-electron chi connectivity index (χ1n) is 4.77. The van der Waals surface area contributed by atoms with Gasteiger partial charge in [0.2, 0.25) is 0 Å². The predicted octanol–water partition coefficient (Wildman–Crippen LogP) is 1.84. The van der Waals surface area contributed by atoms with E-state index in [1.807, 2.05) is 13.8 Å². The number of ketones is 1. The quantitative estimate of drug-likeness (QED) is 0.578. The molecule has 2 bridgehead atoms. The summed E-state index contributed by atoms with van der Waals surface area (Å²) in [6.07, 6.45) is 1.33. The number of carbonyl (C=O) groups excluding carboxylic acids is 1. The van der Waals surface area contributed by atoms with E-state index < -0.39 is 16.8 Å². The first-order chi connectivity index (χ1) is 6.35. The molecule has 3 nitrogen and oxygen atoms in total. The minimum Gasteiger partial charge on any atom is -0.480 e. The zero-order valence-electron chi connectivity index (χ0n) is 8.21. The summed E-state index contributed by atoms with van der Waals surface area (Å²) in [5, 5.41) is 9.21. The molecule has 2 rings (SSSR count). The van der Waals surface area contributed by atoms with Gasteiger partial charge in [-0.1, -0.05) is 29.8 Å².